The average Bonchev–Trinajstić information content (AvgIpc) is 3.16. The number of rotatable bonds is 5. The van der Waals surface area contributed by atoms with E-state index in [0.29, 0.717) is 5.91 Å². The third-order valence-electron chi connectivity index (χ3n) is 6.53. The Balaban J connectivity index is 1.44. The first-order chi connectivity index (χ1) is 12.8. The van der Waals surface area contributed by atoms with E-state index in [0.717, 1.165) is 45.6 Å². The van der Waals surface area contributed by atoms with Crippen molar-refractivity contribution in [2.24, 2.45) is 0 Å². The molecule has 0 unspecified atom stereocenters. The summed E-state index contributed by atoms with van der Waals surface area (Å²) >= 11 is 0. The number of carbonyl (C=O) groups is 1. The summed E-state index contributed by atoms with van der Waals surface area (Å²) < 4.78 is 0. The molecule has 0 bridgehead atoms. The molecule has 1 amide bonds. The van der Waals surface area contributed by atoms with Crippen molar-refractivity contribution < 1.29 is 4.79 Å². The van der Waals surface area contributed by atoms with Crippen molar-refractivity contribution in [2.75, 3.05) is 39.3 Å². The highest BCUT2D eigenvalue weighted by molar-refractivity contribution is 5.78. The van der Waals surface area contributed by atoms with E-state index in [-0.39, 0.29) is 5.54 Å². The summed E-state index contributed by atoms with van der Waals surface area (Å²) in [5.74, 6) is 0.390. The Morgan fingerprint density at radius 3 is 2.46 bits per heavy atom. The van der Waals surface area contributed by atoms with E-state index < -0.39 is 0 Å². The summed E-state index contributed by atoms with van der Waals surface area (Å²) in [5, 5.41) is 0. The highest BCUT2D eigenvalue weighted by Gasteiger charge is 2.44. The number of hydrogen-bond acceptors (Lipinski definition) is 4. The van der Waals surface area contributed by atoms with Gasteiger partial charge in [0.15, 0.2) is 0 Å². The molecule has 142 valence electrons. The molecule has 1 spiro atoms. The highest BCUT2D eigenvalue weighted by Crippen LogP contribution is 2.37. The number of likely N-dealkylation sites (tertiary alicyclic amines) is 3. The van der Waals surface area contributed by atoms with Crippen LogP contribution in [0.4, 0.5) is 0 Å². The van der Waals surface area contributed by atoms with Gasteiger partial charge in [0.2, 0.25) is 5.91 Å². The predicted octanol–water partition coefficient (Wildman–Crippen LogP) is 2.52. The van der Waals surface area contributed by atoms with Gasteiger partial charge >= 0.3 is 0 Å². The van der Waals surface area contributed by atoms with Crippen molar-refractivity contribution >= 4 is 5.91 Å². The summed E-state index contributed by atoms with van der Waals surface area (Å²) in [5.41, 5.74) is 1.39. The molecule has 3 fully saturated rings. The lowest BCUT2D eigenvalue weighted by molar-refractivity contribution is -0.146. The average molecular weight is 357 g/mol. The van der Waals surface area contributed by atoms with Gasteiger partial charge in [-0.3, -0.25) is 14.7 Å². The normalized spacial score (nSPS) is 28.2. The van der Waals surface area contributed by atoms with Gasteiger partial charge in [-0.05, 0) is 75.9 Å². The van der Waals surface area contributed by atoms with Gasteiger partial charge in [0.05, 0.1) is 5.54 Å². The van der Waals surface area contributed by atoms with Crippen molar-refractivity contribution in [1.29, 1.82) is 0 Å². The number of amides is 1. The molecule has 0 N–H and O–H groups in total. The Hall–Kier alpha value is -1.46. The maximum Gasteiger partial charge on any atom is 0.223 e. The topological polar surface area (TPSA) is 39.7 Å². The summed E-state index contributed by atoms with van der Waals surface area (Å²) in [6, 6.07) is 4.22. The fraction of sp³-hybridized carbons (Fsp3) is 0.714. The molecule has 0 aliphatic carbocycles. The van der Waals surface area contributed by atoms with Gasteiger partial charge in [0.1, 0.15) is 0 Å². The molecule has 5 heteroatoms. The van der Waals surface area contributed by atoms with Gasteiger partial charge < -0.3 is 9.80 Å². The highest BCUT2D eigenvalue weighted by atomic mass is 16.2. The molecule has 1 aromatic rings. The zero-order valence-electron chi connectivity index (χ0n) is 15.9. The van der Waals surface area contributed by atoms with E-state index in [1.165, 1.54) is 50.8 Å². The molecule has 0 aromatic carbocycles. The molecule has 0 radical (unpaired) electrons. The van der Waals surface area contributed by atoms with E-state index in [1.54, 1.807) is 0 Å². The molecule has 3 aliphatic rings. The zero-order valence-corrected chi connectivity index (χ0v) is 15.9. The van der Waals surface area contributed by atoms with Crippen LogP contribution in [0.15, 0.2) is 24.5 Å². The van der Waals surface area contributed by atoms with Crippen LogP contribution >= 0.6 is 0 Å². The minimum atomic E-state index is 0.0698. The second-order valence-electron chi connectivity index (χ2n) is 8.34. The quantitative estimate of drug-likeness (QED) is 0.813. The zero-order chi connectivity index (χ0) is 17.8. The third kappa shape index (κ3) is 3.94. The fourth-order valence-electron chi connectivity index (χ4n) is 5.22. The molecule has 26 heavy (non-hydrogen) atoms. The monoisotopic (exact) mass is 356 g/mol. The third-order valence-corrected chi connectivity index (χ3v) is 6.53. The summed E-state index contributed by atoms with van der Waals surface area (Å²) in [4.78, 5) is 24.3. The van der Waals surface area contributed by atoms with Gasteiger partial charge in [-0.15, -0.1) is 0 Å². The Labute approximate surface area is 157 Å². The maximum absolute atomic E-state index is 12.8. The van der Waals surface area contributed by atoms with Crippen molar-refractivity contribution in [2.45, 2.75) is 57.0 Å². The second-order valence-corrected chi connectivity index (χ2v) is 8.34. The number of pyridine rings is 1. The summed E-state index contributed by atoms with van der Waals surface area (Å²) in [7, 11) is 0. The van der Waals surface area contributed by atoms with Crippen LogP contribution in [0.5, 0.6) is 0 Å². The van der Waals surface area contributed by atoms with Crippen LogP contribution in [0.3, 0.4) is 0 Å². The Morgan fingerprint density at radius 1 is 0.923 bits per heavy atom. The molecule has 1 atom stereocenters. The van der Waals surface area contributed by atoms with Crippen molar-refractivity contribution in [1.82, 2.24) is 19.7 Å². The van der Waals surface area contributed by atoms with E-state index in [9.17, 15) is 4.79 Å². The van der Waals surface area contributed by atoms with Crippen LogP contribution in [0.1, 0.15) is 50.5 Å². The van der Waals surface area contributed by atoms with Crippen molar-refractivity contribution in [3.63, 3.8) is 0 Å². The SMILES string of the molecule is O=C1CCC[C@@]2(CCCN(Cc3ccncc3)C2)N1CCN1CCCC1. The molecule has 4 heterocycles. The molecule has 4 rings (SSSR count). The molecule has 1 aromatic heterocycles. The molecular weight excluding hydrogens is 324 g/mol. The lowest BCUT2D eigenvalue weighted by atomic mass is 9.79. The smallest absolute Gasteiger partial charge is 0.223 e. The first-order valence-corrected chi connectivity index (χ1v) is 10.4. The second kappa shape index (κ2) is 8.05. The van der Waals surface area contributed by atoms with Crippen LogP contribution < -0.4 is 0 Å². The summed E-state index contributed by atoms with van der Waals surface area (Å²) in [6.07, 6.45) is 11.7. The molecule has 3 saturated heterocycles. The minimum absolute atomic E-state index is 0.0698. The fourth-order valence-corrected chi connectivity index (χ4v) is 5.22. The predicted molar refractivity (Wildman–Crippen MR) is 103 cm³/mol. The van der Waals surface area contributed by atoms with Gasteiger partial charge in [0, 0.05) is 45.0 Å². The number of aromatic nitrogens is 1. The molecular formula is C21H32N4O. The lowest BCUT2D eigenvalue weighted by Gasteiger charge is -2.52. The molecule has 3 aliphatic heterocycles. The van der Waals surface area contributed by atoms with Crippen LogP contribution in [0.25, 0.3) is 0 Å². The van der Waals surface area contributed by atoms with E-state index in [1.807, 2.05) is 12.4 Å². The van der Waals surface area contributed by atoms with Crippen molar-refractivity contribution in [3.05, 3.63) is 30.1 Å². The number of carbonyl (C=O) groups excluding carboxylic acids is 1. The Morgan fingerprint density at radius 2 is 1.65 bits per heavy atom. The lowest BCUT2D eigenvalue weighted by Crippen LogP contribution is -2.63. The van der Waals surface area contributed by atoms with E-state index in [4.69, 9.17) is 0 Å². The molecule has 0 saturated carbocycles. The standard InChI is InChI=1S/C21H32N4O/c26-20-5-3-8-21(25(20)16-15-23-12-1-2-13-23)9-4-14-24(18-21)17-19-6-10-22-11-7-19/h6-7,10-11H,1-5,8-9,12-18H2/t21-/m0/s1. The largest absolute Gasteiger partial charge is 0.334 e. The minimum Gasteiger partial charge on any atom is -0.334 e. The van der Waals surface area contributed by atoms with Crippen LogP contribution in [0, 0.1) is 0 Å². The van der Waals surface area contributed by atoms with Crippen LogP contribution in [-0.4, -0.2) is 70.4 Å². The first kappa shape index (κ1) is 17.9. The first-order valence-electron chi connectivity index (χ1n) is 10.4. The maximum atomic E-state index is 12.8. The number of hydrogen-bond donors (Lipinski definition) is 0. The number of nitrogens with zero attached hydrogens (tertiary/aromatic N) is 4. The van der Waals surface area contributed by atoms with Gasteiger partial charge in [-0.1, -0.05) is 0 Å². The van der Waals surface area contributed by atoms with E-state index in [2.05, 4.69) is 31.8 Å². The Kier molecular flexibility index (Phi) is 5.55. The van der Waals surface area contributed by atoms with Gasteiger partial charge in [0.25, 0.3) is 0 Å². The van der Waals surface area contributed by atoms with E-state index >= 15 is 0 Å². The van der Waals surface area contributed by atoms with Gasteiger partial charge in [-0.2, -0.15) is 0 Å². The number of piperidine rings is 2. The van der Waals surface area contributed by atoms with Crippen LogP contribution in [0.2, 0.25) is 0 Å². The van der Waals surface area contributed by atoms with Crippen LogP contribution in [-0.2, 0) is 11.3 Å². The van der Waals surface area contributed by atoms with Gasteiger partial charge in [-0.25, -0.2) is 0 Å². The Bertz CT molecular complexity index is 597. The van der Waals surface area contributed by atoms with Crippen molar-refractivity contribution in [3.8, 4) is 0 Å². The summed E-state index contributed by atoms with van der Waals surface area (Å²) in [6.45, 7) is 7.53. The molecule has 5 nitrogen and oxygen atoms in total.